The van der Waals surface area contributed by atoms with E-state index in [0.29, 0.717) is 0 Å². The van der Waals surface area contributed by atoms with Crippen molar-refractivity contribution in [2.45, 2.75) is 46.5 Å². The first-order valence-corrected chi connectivity index (χ1v) is 8.88. The fraction of sp³-hybridized carbons (Fsp3) is 0.318. The summed E-state index contributed by atoms with van der Waals surface area (Å²) in [7, 11) is 0. The molecule has 129 valence electrons. The molecule has 2 heterocycles. The third-order valence-electron chi connectivity index (χ3n) is 5.59. The maximum absolute atomic E-state index is 5.04. The Labute approximate surface area is 161 Å². The Morgan fingerprint density at radius 3 is 2.56 bits per heavy atom. The van der Waals surface area contributed by atoms with Crippen molar-refractivity contribution in [1.29, 1.82) is 0 Å². The average molecular weight is 506 g/mol. The van der Waals surface area contributed by atoms with Crippen molar-refractivity contribution in [1.82, 2.24) is 9.38 Å². The van der Waals surface area contributed by atoms with Gasteiger partial charge in [0.25, 0.3) is 0 Å². The van der Waals surface area contributed by atoms with Gasteiger partial charge in [0, 0.05) is 31.3 Å². The zero-order valence-corrected chi connectivity index (χ0v) is 17.3. The maximum Gasteiger partial charge on any atom is 0.0614 e. The number of imidazole rings is 1. The molecule has 2 aromatic carbocycles. The monoisotopic (exact) mass is 506 g/mol. The number of hydrogen-bond acceptors (Lipinski definition) is 1. The summed E-state index contributed by atoms with van der Waals surface area (Å²) < 4.78 is 2.42. The van der Waals surface area contributed by atoms with E-state index in [4.69, 9.17) is 4.98 Å². The second-order valence-electron chi connectivity index (χ2n) is 7.29. The number of rotatable bonds is 0. The molecular weight excluding hydrogens is 484 g/mol. The molecule has 0 spiro atoms. The summed E-state index contributed by atoms with van der Waals surface area (Å²) in [6, 6.07) is 12.6. The molecule has 4 aromatic rings. The van der Waals surface area contributed by atoms with E-state index in [-0.39, 0.29) is 20.1 Å². The molecule has 2 nitrogen and oxygen atoms in total. The first-order valence-electron chi connectivity index (χ1n) is 8.88. The quantitative estimate of drug-likeness (QED) is 0.236. The summed E-state index contributed by atoms with van der Waals surface area (Å²) in [4.78, 5) is 5.04. The predicted molar refractivity (Wildman–Crippen MR) is 99.9 cm³/mol. The van der Waals surface area contributed by atoms with E-state index >= 15 is 0 Å². The molecule has 1 radical (unpaired) electrons. The molecule has 0 aliphatic heterocycles. The summed E-state index contributed by atoms with van der Waals surface area (Å²) in [5.74, 6) is 0. The minimum atomic E-state index is 0. The van der Waals surface area contributed by atoms with Crippen molar-refractivity contribution in [2.75, 3.05) is 0 Å². The van der Waals surface area contributed by atoms with Crippen LogP contribution in [-0.2, 0) is 32.9 Å². The SMILES string of the molecule is Cc1c[c-]c2c(c1)c1cc(C)c(C)cc1n1c3c(nc21)CCCC3.[Ir]. The first kappa shape index (κ1) is 16.8. The zero-order chi connectivity index (χ0) is 16.4. The smallest absolute Gasteiger partial charge is 0.0614 e. The summed E-state index contributed by atoms with van der Waals surface area (Å²) in [5, 5.41) is 3.76. The van der Waals surface area contributed by atoms with Gasteiger partial charge in [0.2, 0.25) is 0 Å². The second-order valence-corrected chi connectivity index (χ2v) is 7.29. The normalized spacial score (nSPS) is 14.0. The zero-order valence-electron chi connectivity index (χ0n) is 14.9. The van der Waals surface area contributed by atoms with E-state index in [2.05, 4.69) is 55.5 Å². The minimum absolute atomic E-state index is 0. The predicted octanol–water partition coefficient (Wildman–Crippen LogP) is 5.24. The number of fused-ring (bicyclic) bond motifs is 8. The molecule has 0 bridgehead atoms. The molecule has 0 fully saturated rings. The van der Waals surface area contributed by atoms with E-state index in [1.54, 1.807) is 0 Å². The van der Waals surface area contributed by atoms with E-state index < -0.39 is 0 Å². The second kappa shape index (κ2) is 5.93. The maximum atomic E-state index is 5.04. The van der Waals surface area contributed by atoms with Crippen LogP contribution in [0.1, 0.15) is 40.9 Å². The van der Waals surface area contributed by atoms with Gasteiger partial charge in [0.15, 0.2) is 0 Å². The number of pyridine rings is 1. The molecule has 3 heteroatoms. The van der Waals surface area contributed by atoms with Crippen LogP contribution in [0.2, 0.25) is 0 Å². The van der Waals surface area contributed by atoms with Crippen molar-refractivity contribution >= 4 is 27.3 Å². The van der Waals surface area contributed by atoms with Crippen LogP contribution in [0.5, 0.6) is 0 Å². The number of benzene rings is 2. The van der Waals surface area contributed by atoms with Gasteiger partial charge in [-0.05, 0) is 62.1 Å². The number of aryl methyl sites for hydroxylation is 5. The third-order valence-corrected chi connectivity index (χ3v) is 5.59. The van der Waals surface area contributed by atoms with Crippen LogP contribution in [0.15, 0.2) is 24.3 Å². The van der Waals surface area contributed by atoms with E-state index in [1.807, 2.05) is 0 Å². The van der Waals surface area contributed by atoms with E-state index in [9.17, 15) is 0 Å². The largest absolute Gasteiger partial charge is 0.337 e. The Kier molecular flexibility index (Phi) is 3.97. The molecule has 0 N–H and O–H groups in total. The van der Waals surface area contributed by atoms with E-state index in [0.717, 1.165) is 23.9 Å². The fourth-order valence-electron chi connectivity index (χ4n) is 4.17. The van der Waals surface area contributed by atoms with Gasteiger partial charge in [0.05, 0.1) is 11.3 Å². The third kappa shape index (κ3) is 2.37. The van der Waals surface area contributed by atoms with Gasteiger partial charge < -0.3 is 4.40 Å². The van der Waals surface area contributed by atoms with Crippen LogP contribution in [0.4, 0.5) is 0 Å². The average Bonchev–Trinajstić information content (AvgIpc) is 2.96. The van der Waals surface area contributed by atoms with Crippen molar-refractivity contribution in [3.63, 3.8) is 0 Å². The van der Waals surface area contributed by atoms with Crippen molar-refractivity contribution in [2.24, 2.45) is 0 Å². The van der Waals surface area contributed by atoms with Gasteiger partial charge in [0.1, 0.15) is 0 Å². The molecule has 0 unspecified atom stereocenters. The van der Waals surface area contributed by atoms with Crippen molar-refractivity contribution < 1.29 is 20.1 Å². The Balaban J connectivity index is 0.00000157. The van der Waals surface area contributed by atoms with Crippen molar-refractivity contribution in [3.05, 3.63) is 58.4 Å². The molecule has 0 amide bonds. The fourth-order valence-corrected chi connectivity index (χ4v) is 4.17. The molecule has 0 saturated heterocycles. The van der Waals surface area contributed by atoms with Gasteiger partial charge in [-0.1, -0.05) is 18.4 Å². The Morgan fingerprint density at radius 2 is 1.72 bits per heavy atom. The van der Waals surface area contributed by atoms with Crippen LogP contribution in [0.25, 0.3) is 27.3 Å². The van der Waals surface area contributed by atoms with Gasteiger partial charge in [-0.3, -0.25) is 4.98 Å². The summed E-state index contributed by atoms with van der Waals surface area (Å²) in [5.41, 5.74) is 9.05. The Morgan fingerprint density at radius 1 is 0.960 bits per heavy atom. The molecule has 1 aliphatic rings. The van der Waals surface area contributed by atoms with Gasteiger partial charge in [-0.25, -0.2) is 0 Å². The molecule has 2 aromatic heterocycles. The van der Waals surface area contributed by atoms with Crippen LogP contribution in [0.3, 0.4) is 0 Å². The van der Waals surface area contributed by atoms with Crippen LogP contribution >= 0.6 is 0 Å². The topological polar surface area (TPSA) is 17.3 Å². The molecule has 5 rings (SSSR count). The van der Waals surface area contributed by atoms with E-state index in [1.165, 1.54) is 57.2 Å². The first-order chi connectivity index (χ1) is 11.6. The summed E-state index contributed by atoms with van der Waals surface area (Å²) in [6.45, 7) is 6.55. The molecular formula is C22H21IrN2-. The minimum Gasteiger partial charge on any atom is -0.337 e. The number of nitrogens with zero attached hydrogens (tertiary/aromatic N) is 2. The van der Waals surface area contributed by atoms with Gasteiger partial charge >= 0.3 is 0 Å². The Bertz CT molecular complexity index is 1140. The summed E-state index contributed by atoms with van der Waals surface area (Å²) in [6.07, 6.45) is 4.77. The molecule has 0 saturated carbocycles. The molecule has 1 aliphatic carbocycles. The number of aromatic nitrogens is 2. The van der Waals surface area contributed by atoms with Crippen LogP contribution < -0.4 is 0 Å². The Hall–Kier alpha value is -1.70. The molecule has 0 atom stereocenters. The van der Waals surface area contributed by atoms with Gasteiger partial charge in [-0.15, -0.1) is 29.1 Å². The van der Waals surface area contributed by atoms with Crippen molar-refractivity contribution in [3.8, 4) is 0 Å². The van der Waals surface area contributed by atoms with Crippen LogP contribution in [-0.4, -0.2) is 9.38 Å². The number of hydrogen-bond donors (Lipinski definition) is 0. The summed E-state index contributed by atoms with van der Waals surface area (Å²) >= 11 is 0. The standard InChI is InChI=1S/C22H21N2.Ir/c1-13-8-9-16-17(10-13)18-11-14(2)15(3)12-21(18)24-20-7-5-4-6-19(20)23-22(16)24;/h8,10-12H,4-7H2,1-3H3;/q-1;. The van der Waals surface area contributed by atoms with Crippen LogP contribution in [0, 0.1) is 26.8 Å². The molecule has 25 heavy (non-hydrogen) atoms. The van der Waals surface area contributed by atoms with Gasteiger partial charge in [-0.2, -0.15) is 0 Å².